The number of nitrogens with zero attached hydrogens (tertiary/aromatic N) is 4. The molecule has 1 fully saturated rings. The van der Waals surface area contributed by atoms with Crippen LogP contribution in [0.3, 0.4) is 0 Å². The molecule has 0 spiro atoms. The SMILES string of the molecule is Cc1cccc(N2CCN(Cc3nnc(-c4ccc(Cl)cc4)o3)CC2)c1. The molecule has 0 unspecified atom stereocenters. The van der Waals surface area contributed by atoms with Crippen LogP contribution in [0.25, 0.3) is 11.5 Å². The predicted molar refractivity (Wildman–Crippen MR) is 103 cm³/mol. The lowest BCUT2D eigenvalue weighted by Gasteiger charge is -2.35. The van der Waals surface area contributed by atoms with E-state index in [1.54, 1.807) is 0 Å². The van der Waals surface area contributed by atoms with Crippen molar-refractivity contribution in [2.75, 3.05) is 31.1 Å². The van der Waals surface area contributed by atoms with Crippen molar-refractivity contribution in [3.05, 3.63) is 65.0 Å². The first-order chi connectivity index (χ1) is 12.7. The first-order valence-electron chi connectivity index (χ1n) is 8.80. The Kier molecular flexibility index (Phi) is 4.91. The summed E-state index contributed by atoms with van der Waals surface area (Å²) in [5.41, 5.74) is 3.48. The number of benzene rings is 2. The van der Waals surface area contributed by atoms with Crippen LogP contribution in [0.2, 0.25) is 5.02 Å². The molecular formula is C20H21ClN4O. The number of anilines is 1. The van der Waals surface area contributed by atoms with Gasteiger partial charge in [-0.1, -0.05) is 23.7 Å². The van der Waals surface area contributed by atoms with Gasteiger partial charge in [0.05, 0.1) is 6.54 Å². The van der Waals surface area contributed by atoms with E-state index in [1.165, 1.54) is 11.3 Å². The summed E-state index contributed by atoms with van der Waals surface area (Å²) in [6.07, 6.45) is 0. The van der Waals surface area contributed by atoms with E-state index in [2.05, 4.69) is 51.2 Å². The summed E-state index contributed by atoms with van der Waals surface area (Å²) in [5.74, 6) is 1.19. The van der Waals surface area contributed by atoms with Crippen LogP contribution in [-0.4, -0.2) is 41.3 Å². The zero-order valence-electron chi connectivity index (χ0n) is 14.7. The molecule has 1 aromatic heterocycles. The lowest BCUT2D eigenvalue weighted by Crippen LogP contribution is -2.46. The Morgan fingerprint density at radius 2 is 1.77 bits per heavy atom. The second-order valence-corrected chi connectivity index (χ2v) is 7.05. The van der Waals surface area contributed by atoms with E-state index in [0.29, 0.717) is 23.3 Å². The van der Waals surface area contributed by atoms with Crippen LogP contribution in [0.1, 0.15) is 11.5 Å². The lowest BCUT2D eigenvalue weighted by molar-refractivity contribution is 0.227. The second kappa shape index (κ2) is 7.48. The molecule has 0 saturated carbocycles. The third-order valence-electron chi connectivity index (χ3n) is 4.66. The minimum Gasteiger partial charge on any atom is -0.419 e. The van der Waals surface area contributed by atoms with Gasteiger partial charge >= 0.3 is 0 Å². The van der Waals surface area contributed by atoms with Crippen LogP contribution < -0.4 is 4.90 Å². The summed E-state index contributed by atoms with van der Waals surface area (Å²) < 4.78 is 5.82. The number of aryl methyl sites for hydroxylation is 1. The van der Waals surface area contributed by atoms with Gasteiger partial charge in [0.1, 0.15) is 0 Å². The fourth-order valence-corrected chi connectivity index (χ4v) is 3.33. The van der Waals surface area contributed by atoms with Gasteiger partial charge in [-0.2, -0.15) is 0 Å². The van der Waals surface area contributed by atoms with Crippen molar-refractivity contribution in [3.63, 3.8) is 0 Å². The van der Waals surface area contributed by atoms with Crippen molar-refractivity contribution in [2.24, 2.45) is 0 Å². The molecule has 0 bridgehead atoms. The van der Waals surface area contributed by atoms with E-state index in [0.717, 1.165) is 31.7 Å². The van der Waals surface area contributed by atoms with E-state index < -0.39 is 0 Å². The highest BCUT2D eigenvalue weighted by Crippen LogP contribution is 2.22. The maximum Gasteiger partial charge on any atom is 0.247 e. The minimum atomic E-state index is 0.537. The standard InChI is InChI=1S/C20H21ClN4O/c1-15-3-2-4-18(13-15)25-11-9-24(10-12-25)14-19-22-23-20(26-19)16-5-7-17(21)8-6-16/h2-8,13H,9-12,14H2,1H3. The Labute approximate surface area is 158 Å². The van der Waals surface area contributed by atoms with Crippen LogP contribution >= 0.6 is 11.6 Å². The number of hydrogen-bond donors (Lipinski definition) is 0. The van der Waals surface area contributed by atoms with Gasteiger partial charge in [-0.25, -0.2) is 0 Å². The van der Waals surface area contributed by atoms with Gasteiger partial charge in [-0.15, -0.1) is 10.2 Å². The molecule has 1 saturated heterocycles. The zero-order chi connectivity index (χ0) is 17.9. The van der Waals surface area contributed by atoms with Gasteiger partial charge in [0, 0.05) is 42.5 Å². The molecule has 1 aliphatic heterocycles. The van der Waals surface area contributed by atoms with Gasteiger partial charge in [0.15, 0.2) is 0 Å². The molecule has 2 aromatic carbocycles. The van der Waals surface area contributed by atoms with Gasteiger partial charge < -0.3 is 9.32 Å². The predicted octanol–water partition coefficient (Wildman–Crippen LogP) is 4.02. The normalized spacial score (nSPS) is 15.4. The van der Waals surface area contributed by atoms with Crippen molar-refractivity contribution < 1.29 is 4.42 Å². The Hall–Kier alpha value is -2.37. The van der Waals surface area contributed by atoms with Crippen LogP contribution in [0, 0.1) is 6.92 Å². The summed E-state index contributed by atoms with van der Waals surface area (Å²) in [6.45, 7) is 6.78. The zero-order valence-corrected chi connectivity index (χ0v) is 15.5. The third kappa shape index (κ3) is 3.89. The van der Waals surface area contributed by atoms with Crippen molar-refractivity contribution >= 4 is 17.3 Å². The maximum absolute atomic E-state index is 5.92. The molecular weight excluding hydrogens is 348 g/mol. The highest BCUT2D eigenvalue weighted by atomic mass is 35.5. The third-order valence-corrected chi connectivity index (χ3v) is 4.91. The van der Waals surface area contributed by atoms with Gasteiger partial charge in [0.25, 0.3) is 0 Å². The Morgan fingerprint density at radius 1 is 1.00 bits per heavy atom. The summed E-state index contributed by atoms with van der Waals surface area (Å²) in [5, 5.41) is 9.04. The molecule has 0 atom stereocenters. The van der Waals surface area contributed by atoms with Gasteiger partial charge in [-0.3, -0.25) is 4.90 Å². The highest BCUT2D eigenvalue weighted by molar-refractivity contribution is 6.30. The minimum absolute atomic E-state index is 0.537. The molecule has 4 rings (SSSR count). The molecule has 0 amide bonds. The molecule has 2 heterocycles. The number of halogens is 1. The Bertz CT molecular complexity index is 870. The molecule has 3 aromatic rings. The highest BCUT2D eigenvalue weighted by Gasteiger charge is 2.19. The van der Waals surface area contributed by atoms with Crippen molar-refractivity contribution in [1.82, 2.24) is 15.1 Å². The van der Waals surface area contributed by atoms with Gasteiger partial charge in [0.2, 0.25) is 11.8 Å². The van der Waals surface area contributed by atoms with Crippen molar-refractivity contribution in [3.8, 4) is 11.5 Å². The summed E-state index contributed by atoms with van der Waals surface area (Å²) in [6, 6.07) is 16.1. The average molecular weight is 369 g/mol. The molecule has 26 heavy (non-hydrogen) atoms. The fourth-order valence-electron chi connectivity index (χ4n) is 3.21. The quantitative estimate of drug-likeness (QED) is 0.696. The van der Waals surface area contributed by atoms with Crippen LogP contribution in [0.5, 0.6) is 0 Å². The first-order valence-corrected chi connectivity index (χ1v) is 9.17. The number of piperazine rings is 1. The van der Waals surface area contributed by atoms with Crippen molar-refractivity contribution in [2.45, 2.75) is 13.5 Å². The smallest absolute Gasteiger partial charge is 0.247 e. The van der Waals surface area contributed by atoms with E-state index in [4.69, 9.17) is 16.0 Å². The number of rotatable bonds is 4. The fraction of sp³-hybridized carbons (Fsp3) is 0.300. The van der Waals surface area contributed by atoms with Crippen LogP contribution in [-0.2, 0) is 6.54 Å². The molecule has 0 radical (unpaired) electrons. The van der Waals surface area contributed by atoms with Crippen LogP contribution in [0.15, 0.2) is 52.9 Å². The molecule has 6 heteroatoms. The summed E-state index contributed by atoms with van der Waals surface area (Å²) >= 11 is 5.92. The molecule has 5 nitrogen and oxygen atoms in total. The molecule has 0 N–H and O–H groups in total. The topological polar surface area (TPSA) is 45.4 Å². The average Bonchev–Trinajstić information content (AvgIpc) is 3.11. The second-order valence-electron chi connectivity index (χ2n) is 6.61. The number of aromatic nitrogens is 2. The molecule has 0 aliphatic carbocycles. The molecule has 134 valence electrons. The first kappa shape index (κ1) is 17.1. The van der Waals surface area contributed by atoms with Crippen LogP contribution in [0.4, 0.5) is 5.69 Å². The largest absolute Gasteiger partial charge is 0.419 e. The Balaban J connectivity index is 1.35. The van der Waals surface area contributed by atoms with E-state index in [9.17, 15) is 0 Å². The van der Waals surface area contributed by atoms with E-state index in [1.807, 2.05) is 24.3 Å². The summed E-state index contributed by atoms with van der Waals surface area (Å²) in [4.78, 5) is 4.78. The molecule has 1 aliphatic rings. The monoisotopic (exact) mass is 368 g/mol. The Morgan fingerprint density at radius 3 is 2.50 bits per heavy atom. The van der Waals surface area contributed by atoms with Gasteiger partial charge in [-0.05, 0) is 48.9 Å². The number of hydrogen-bond acceptors (Lipinski definition) is 5. The van der Waals surface area contributed by atoms with E-state index >= 15 is 0 Å². The lowest BCUT2D eigenvalue weighted by atomic mass is 10.2. The van der Waals surface area contributed by atoms with Crippen molar-refractivity contribution in [1.29, 1.82) is 0 Å². The summed E-state index contributed by atoms with van der Waals surface area (Å²) in [7, 11) is 0. The van der Waals surface area contributed by atoms with E-state index in [-0.39, 0.29) is 0 Å². The maximum atomic E-state index is 5.92.